The van der Waals surface area contributed by atoms with Gasteiger partial charge in [-0.25, -0.2) is 4.79 Å². The minimum atomic E-state index is -0.891. The lowest BCUT2D eigenvalue weighted by Gasteiger charge is -2.33. The number of nitrogens with zero attached hydrogens (tertiary/aromatic N) is 2. The summed E-state index contributed by atoms with van der Waals surface area (Å²) in [4.78, 5) is 17.6. The summed E-state index contributed by atoms with van der Waals surface area (Å²) in [6, 6.07) is 3.82. The topological polar surface area (TPSA) is 53.4 Å². The number of aromatic nitrogens is 1. The molecule has 0 radical (unpaired) electrons. The first-order valence-electron chi connectivity index (χ1n) is 6.09. The standard InChI is InChI=1S/C13H18N2O2/c1-10-5-2-3-8-15(10)9-12-11(13(16)17)6-4-7-14-12/h4,6-7,10H,2-3,5,8-9H2,1H3,(H,16,17). The van der Waals surface area contributed by atoms with Gasteiger partial charge in [0.1, 0.15) is 0 Å². The Bertz CT molecular complexity index is 406. The van der Waals surface area contributed by atoms with Gasteiger partial charge in [-0.1, -0.05) is 6.42 Å². The third-order valence-corrected chi connectivity index (χ3v) is 3.41. The number of carboxylic acid groups (broad SMARTS) is 1. The van der Waals surface area contributed by atoms with Crippen molar-refractivity contribution in [3.63, 3.8) is 0 Å². The van der Waals surface area contributed by atoms with Crippen LogP contribution in [0.5, 0.6) is 0 Å². The van der Waals surface area contributed by atoms with Crippen molar-refractivity contribution >= 4 is 5.97 Å². The van der Waals surface area contributed by atoms with Gasteiger partial charge in [-0.3, -0.25) is 9.88 Å². The zero-order chi connectivity index (χ0) is 12.3. The van der Waals surface area contributed by atoms with Crippen LogP contribution in [-0.4, -0.2) is 33.5 Å². The van der Waals surface area contributed by atoms with Crippen molar-refractivity contribution < 1.29 is 9.90 Å². The van der Waals surface area contributed by atoms with Crippen molar-refractivity contribution in [2.24, 2.45) is 0 Å². The van der Waals surface area contributed by atoms with E-state index in [0.29, 0.717) is 23.8 Å². The molecule has 1 unspecified atom stereocenters. The molecule has 4 nitrogen and oxygen atoms in total. The van der Waals surface area contributed by atoms with E-state index in [2.05, 4.69) is 16.8 Å². The fourth-order valence-corrected chi connectivity index (χ4v) is 2.34. The maximum atomic E-state index is 11.1. The first-order chi connectivity index (χ1) is 8.18. The molecule has 1 atom stereocenters. The van der Waals surface area contributed by atoms with Gasteiger partial charge in [0, 0.05) is 18.8 Å². The Morgan fingerprint density at radius 2 is 2.41 bits per heavy atom. The van der Waals surface area contributed by atoms with Gasteiger partial charge in [0.05, 0.1) is 11.3 Å². The first-order valence-corrected chi connectivity index (χ1v) is 6.09. The molecule has 1 aliphatic heterocycles. The van der Waals surface area contributed by atoms with Crippen LogP contribution in [0.4, 0.5) is 0 Å². The average Bonchev–Trinajstić information content (AvgIpc) is 2.32. The Labute approximate surface area is 101 Å². The molecule has 0 bridgehead atoms. The minimum Gasteiger partial charge on any atom is -0.478 e. The number of likely N-dealkylation sites (tertiary alicyclic amines) is 1. The minimum absolute atomic E-state index is 0.324. The van der Waals surface area contributed by atoms with Crippen LogP contribution < -0.4 is 0 Å². The molecule has 0 amide bonds. The summed E-state index contributed by atoms with van der Waals surface area (Å²) in [5.41, 5.74) is 0.999. The Morgan fingerprint density at radius 3 is 3.12 bits per heavy atom. The van der Waals surface area contributed by atoms with E-state index in [-0.39, 0.29) is 0 Å². The molecular formula is C13H18N2O2. The van der Waals surface area contributed by atoms with E-state index in [9.17, 15) is 4.79 Å². The summed E-state index contributed by atoms with van der Waals surface area (Å²) in [7, 11) is 0. The van der Waals surface area contributed by atoms with Crippen LogP contribution in [0.15, 0.2) is 18.3 Å². The van der Waals surface area contributed by atoms with Crippen LogP contribution in [0, 0.1) is 0 Å². The zero-order valence-corrected chi connectivity index (χ0v) is 10.1. The molecule has 1 aromatic rings. The molecule has 1 aromatic heterocycles. The number of carboxylic acids is 1. The third kappa shape index (κ3) is 2.82. The SMILES string of the molecule is CC1CCCCN1Cc1ncccc1C(=O)O. The molecule has 2 rings (SSSR count). The van der Waals surface area contributed by atoms with Gasteiger partial charge < -0.3 is 5.11 Å². The number of hydrogen-bond donors (Lipinski definition) is 1. The Hall–Kier alpha value is -1.42. The highest BCUT2D eigenvalue weighted by molar-refractivity contribution is 5.88. The van der Waals surface area contributed by atoms with Gasteiger partial charge in [0.25, 0.3) is 0 Å². The van der Waals surface area contributed by atoms with E-state index in [1.165, 1.54) is 19.3 Å². The summed E-state index contributed by atoms with van der Waals surface area (Å²) < 4.78 is 0. The van der Waals surface area contributed by atoms with Crippen molar-refractivity contribution in [1.82, 2.24) is 9.88 Å². The van der Waals surface area contributed by atoms with E-state index in [4.69, 9.17) is 5.11 Å². The average molecular weight is 234 g/mol. The lowest BCUT2D eigenvalue weighted by molar-refractivity contribution is 0.0691. The Kier molecular flexibility index (Phi) is 3.74. The molecule has 0 spiro atoms. The van der Waals surface area contributed by atoms with Gasteiger partial charge >= 0.3 is 5.97 Å². The summed E-state index contributed by atoms with van der Waals surface area (Å²) in [5.74, 6) is -0.891. The highest BCUT2D eigenvalue weighted by Crippen LogP contribution is 2.19. The van der Waals surface area contributed by atoms with Crippen LogP contribution in [0.3, 0.4) is 0 Å². The van der Waals surface area contributed by atoms with Crippen LogP contribution in [0.2, 0.25) is 0 Å². The number of pyridine rings is 1. The number of rotatable bonds is 3. The normalized spacial score (nSPS) is 21.4. The highest BCUT2D eigenvalue weighted by atomic mass is 16.4. The second-order valence-electron chi connectivity index (χ2n) is 4.62. The molecule has 1 N–H and O–H groups in total. The molecule has 92 valence electrons. The lowest BCUT2D eigenvalue weighted by Crippen LogP contribution is -2.37. The molecule has 17 heavy (non-hydrogen) atoms. The van der Waals surface area contributed by atoms with Crippen molar-refractivity contribution in [3.8, 4) is 0 Å². The van der Waals surface area contributed by atoms with Crippen LogP contribution in [0.25, 0.3) is 0 Å². The Morgan fingerprint density at radius 1 is 1.59 bits per heavy atom. The number of aromatic carboxylic acids is 1. The van der Waals surface area contributed by atoms with Gasteiger partial charge in [0.2, 0.25) is 0 Å². The van der Waals surface area contributed by atoms with Crippen LogP contribution >= 0.6 is 0 Å². The molecule has 1 aliphatic rings. The maximum Gasteiger partial charge on any atom is 0.337 e. The maximum absolute atomic E-state index is 11.1. The van der Waals surface area contributed by atoms with Crippen LogP contribution in [-0.2, 0) is 6.54 Å². The predicted octanol–water partition coefficient (Wildman–Crippen LogP) is 2.15. The number of carbonyl (C=O) groups is 1. The molecule has 2 heterocycles. The predicted molar refractivity (Wildman–Crippen MR) is 64.9 cm³/mol. The molecule has 1 saturated heterocycles. The fourth-order valence-electron chi connectivity index (χ4n) is 2.34. The van der Waals surface area contributed by atoms with Gasteiger partial charge in [-0.2, -0.15) is 0 Å². The largest absolute Gasteiger partial charge is 0.478 e. The number of hydrogen-bond acceptors (Lipinski definition) is 3. The molecule has 4 heteroatoms. The van der Waals surface area contributed by atoms with E-state index < -0.39 is 5.97 Å². The third-order valence-electron chi connectivity index (χ3n) is 3.41. The van der Waals surface area contributed by atoms with E-state index in [1.807, 2.05) is 0 Å². The van der Waals surface area contributed by atoms with Crippen LogP contribution in [0.1, 0.15) is 42.2 Å². The molecule has 0 saturated carbocycles. The summed E-state index contributed by atoms with van der Waals surface area (Å²) in [6.45, 7) is 3.88. The van der Waals surface area contributed by atoms with Crippen molar-refractivity contribution in [2.45, 2.75) is 38.8 Å². The summed E-state index contributed by atoms with van der Waals surface area (Å²) >= 11 is 0. The molecule has 0 aliphatic carbocycles. The highest BCUT2D eigenvalue weighted by Gasteiger charge is 2.21. The fraction of sp³-hybridized carbons (Fsp3) is 0.538. The van der Waals surface area contributed by atoms with Gasteiger partial charge in [-0.05, 0) is 38.4 Å². The molecule has 1 fully saturated rings. The Balaban J connectivity index is 2.14. The molecule has 0 aromatic carbocycles. The van der Waals surface area contributed by atoms with Gasteiger partial charge in [0.15, 0.2) is 0 Å². The second kappa shape index (κ2) is 5.27. The van der Waals surface area contributed by atoms with E-state index in [0.717, 1.165) is 6.54 Å². The second-order valence-corrected chi connectivity index (χ2v) is 4.62. The van der Waals surface area contributed by atoms with E-state index in [1.54, 1.807) is 18.3 Å². The summed E-state index contributed by atoms with van der Waals surface area (Å²) in [6.07, 6.45) is 5.32. The smallest absolute Gasteiger partial charge is 0.337 e. The lowest BCUT2D eigenvalue weighted by atomic mass is 10.0. The van der Waals surface area contributed by atoms with Crippen molar-refractivity contribution in [1.29, 1.82) is 0 Å². The first kappa shape index (κ1) is 12.0. The quantitative estimate of drug-likeness (QED) is 0.870. The van der Waals surface area contributed by atoms with Crippen molar-refractivity contribution in [2.75, 3.05) is 6.54 Å². The molecular weight excluding hydrogens is 216 g/mol. The van der Waals surface area contributed by atoms with Gasteiger partial charge in [-0.15, -0.1) is 0 Å². The summed E-state index contributed by atoms with van der Waals surface area (Å²) in [5, 5.41) is 9.10. The van der Waals surface area contributed by atoms with E-state index >= 15 is 0 Å². The monoisotopic (exact) mass is 234 g/mol. The van der Waals surface area contributed by atoms with Crippen molar-refractivity contribution in [3.05, 3.63) is 29.6 Å². The number of piperidine rings is 1. The zero-order valence-electron chi connectivity index (χ0n) is 10.1.